The topological polar surface area (TPSA) is 0 Å². The molecule has 4 rings (SSSR count). The predicted octanol–water partition coefficient (Wildman–Crippen LogP) is 4.39. The third-order valence-electron chi connectivity index (χ3n) is 5.62. The van der Waals surface area contributed by atoms with E-state index in [2.05, 4.69) is 6.42 Å². The molecule has 0 N–H and O–H groups in total. The van der Waals surface area contributed by atoms with Crippen LogP contribution in [0.15, 0.2) is 11.1 Å². The average molecular weight is 214 g/mol. The molecule has 0 aliphatic heterocycles. The highest BCUT2D eigenvalue weighted by molar-refractivity contribution is 5.29. The fourth-order valence-corrected chi connectivity index (χ4v) is 4.86. The molecule has 86 valence electrons. The highest BCUT2D eigenvalue weighted by atomic mass is 14.4. The molecule has 0 nitrogen and oxygen atoms in total. The number of hydrogen-bond acceptors (Lipinski definition) is 0. The molecule has 0 aromatic rings. The molecule has 4 atom stereocenters. The summed E-state index contributed by atoms with van der Waals surface area (Å²) in [6, 6.07) is 0. The van der Waals surface area contributed by atoms with Crippen LogP contribution in [0.1, 0.15) is 57.8 Å². The van der Waals surface area contributed by atoms with Gasteiger partial charge in [-0.2, -0.15) is 0 Å². The molecule has 0 amide bonds. The molecule has 16 heavy (non-hydrogen) atoms. The Balaban J connectivity index is 1.64. The Morgan fingerprint density at radius 1 is 0.938 bits per heavy atom. The van der Waals surface area contributed by atoms with Crippen LogP contribution in [0.4, 0.5) is 0 Å². The van der Waals surface area contributed by atoms with Crippen molar-refractivity contribution in [2.45, 2.75) is 57.8 Å². The Bertz CT molecular complexity index is 325. The van der Waals surface area contributed by atoms with Crippen LogP contribution < -0.4 is 0 Å². The van der Waals surface area contributed by atoms with Gasteiger partial charge in [-0.3, -0.25) is 0 Å². The summed E-state index contributed by atoms with van der Waals surface area (Å²) in [5, 5.41) is 0. The molecular weight excluding hydrogens is 192 g/mol. The zero-order valence-electron chi connectivity index (χ0n) is 10.2. The van der Waals surface area contributed by atoms with E-state index in [0.29, 0.717) is 0 Å². The second kappa shape index (κ2) is 3.62. The van der Waals surface area contributed by atoms with Crippen molar-refractivity contribution >= 4 is 0 Å². The van der Waals surface area contributed by atoms with Crippen molar-refractivity contribution in [2.24, 2.45) is 23.7 Å². The lowest BCUT2D eigenvalue weighted by atomic mass is 9.67. The predicted molar refractivity (Wildman–Crippen MR) is 65.8 cm³/mol. The molecule has 0 heterocycles. The SMILES string of the molecule is [C]1C2CCCC1C(=C1CC3CCC1C3)CC2. The molecule has 0 aromatic heterocycles. The van der Waals surface area contributed by atoms with Gasteiger partial charge in [0, 0.05) is 0 Å². The summed E-state index contributed by atoms with van der Waals surface area (Å²) in [7, 11) is 0. The molecule has 4 fully saturated rings. The second-order valence-electron chi connectivity index (χ2n) is 6.52. The van der Waals surface area contributed by atoms with Crippen LogP contribution in [0, 0.1) is 30.1 Å². The molecule has 4 aliphatic rings. The van der Waals surface area contributed by atoms with Gasteiger partial charge in [-0.1, -0.05) is 17.6 Å². The van der Waals surface area contributed by atoms with Gasteiger partial charge in [-0.25, -0.2) is 0 Å². The molecule has 0 aromatic carbocycles. The maximum atomic E-state index is 3.88. The fourth-order valence-electron chi connectivity index (χ4n) is 4.86. The van der Waals surface area contributed by atoms with E-state index >= 15 is 0 Å². The van der Waals surface area contributed by atoms with Gasteiger partial charge in [0.2, 0.25) is 0 Å². The quantitative estimate of drug-likeness (QED) is 0.524. The first-order chi connectivity index (χ1) is 7.90. The Morgan fingerprint density at radius 2 is 1.94 bits per heavy atom. The number of allylic oxidation sites excluding steroid dienone is 2. The van der Waals surface area contributed by atoms with Crippen LogP contribution in [0.2, 0.25) is 0 Å². The minimum absolute atomic E-state index is 0.793. The zero-order chi connectivity index (χ0) is 10.5. The molecule has 0 spiro atoms. The van der Waals surface area contributed by atoms with Gasteiger partial charge in [-0.15, -0.1) is 0 Å². The van der Waals surface area contributed by atoms with Crippen molar-refractivity contribution in [2.75, 3.05) is 0 Å². The molecule has 0 heteroatoms. The summed E-state index contributed by atoms with van der Waals surface area (Å²) >= 11 is 0. The smallest absolute Gasteiger partial charge is 0.00621 e. The summed E-state index contributed by atoms with van der Waals surface area (Å²) in [6.45, 7) is 0. The molecule has 2 radical (unpaired) electrons. The lowest BCUT2D eigenvalue weighted by Crippen LogP contribution is -2.25. The van der Waals surface area contributed by atoms with E-state index in [-0.39, 0.29) is 0 Å². The molecule has 4 aliphatic carbocycles. The van der Waals surface area contributed by atoms with Gasteiger partial charge >= 0.3 is 0 Å². The van der Waals surface area contributed by atoms with Crippen molar-refractivity contribution in [3.8, 4) is 0 Å². The Morgan fingerprint density at radius 3 is 2.75 bits per heavy atom. The lowest BCUT2D eigenvalue weighted by molar-refractivity contribution is 0.320. The second-order valence-corrected chi connectivity index (χ2v) is 6.52. The van der Waals surface area contributed by atoms with E-state index in [1.165, 1.54) is 57.8 Å². The first-order valence-electron chi connectivity index (χ1n) is 7.38. The maximum absolute atomic E-state index is 3.88. The highest BCUT2D eigenvalue weighted by Gasteiger charge is 2.40. The summed E-state index contributed by atoms with van der Waals surface area (Å²) in [5.41, 5.74) is 3.80. The van der Waals surface area contributed by atoms with Crippen molar-refractivity contribution in [3.05, 3.63) is 17.6 Å². The molecule has 0 saturated heterocycles. The Kier molecular flexibility index (Phi) is 2.20. The van der Waals surface area contributed by atoms with Gasteiger partial charge in [0.1, 0.15) is 0 Å². The van der Waals surface area contributed by atoms with Crippen molar-refractivity contribution < 1.29 is 0 Å². The van der Waals surface area contributed by atoms with Crippen molar-refractivity contribution in [1.82, 2.24) is 0 Å². The van der Waals surface area contributed by atoms with E-state index in [4.69, 9.17) is 0 Å². The van der Waals surface area contributed by atoms with Gasteiger partial charge < -0.3 is 0 Å². The highest BCUT2D eigenvalue weighted by Crippen LogP contribution is 2.53. The van der Waals surface area contributed by atoms with Crippen LogP contribution in [0.3, 0.4) is 0 Å². The third-order valence-corrected chi connectivity index (χ3v) is 5.62. The van der Waals surface area contributed by atoms with Crippen molar-refractivity contribution in [3.63, 3.8) is 0 Å². The van der Waals surface area contributed by atoms with Crippen molar-refractivity contribution in [1.29, 1.82) is 0 Å². The van der Waals surface area contributed by atoms with Gasteiger partial charge in [0.05, 0.1) is 0 Å². The number of rotatable bonds is 0. The van der Waals surface area contributed by atoms with Crippen LogP contribution in [0.25, 0.3) is 0 Å². The van der Waals surface area contributed by atoms with Gasteiger partial charge in [0.25, 0.3) is 0 Å². The summed E-state index contributed by atoms with van der Waals surface area (Å²) in [5.74, 6) is 3.75. The number of fused-ring (bicyclic) bond motifs is 4. The van der Waals surface area contributed by atoms with Crippen LogP contribution in [-0.2, 0) is 0 Å². The fraction of sp³-hybridized carbons (Fsp3) is 0.812. The van der Waals surface area contributed by atoms with E-state index in [0.717, 1.165) is 23.7 Å². The molecule has 4 bridgehead atoms. The minimum Gasteiger partial charge on any atom is -0.0673 e. The van der Waals surface area contributed by atoms with Gasteiger partial charge in [0.15, 0.2) is 0 Å². The number of hydrogen-bond donors (Lipinski definition) is 0. The molecule has 4 saturated carbocycles. The summed E-state index contributed by atoms with van der Waals surface area (Å²) < 4.78 is 0. The average Bonchev–Trinajstić information content (AvgIpc) is 2.91. The zero-order valence-corrected chi connectivity index (χ0v) is 10.2. The summed E-state index contributed by atoms with van der Waals surface area (Å²) in [4.78, 5) is 0. The van der Waals surface area contributed by atoms with E-state index < -0.39 is 0 Å². The molecule has 4 unspecified atom stereocenters. The normalized spacial score (nSPS) is 51.0. The maximum Gasteiger partial charge on any atom is -0.00621 e. The van der Waals surface area contributed by atoms with Crippen LogP contribution >= 0.6 is 0 Å². The molecular formula is C16H22. The Hall–Kier alpha value is -0.260. The summed E-state index contributed by atoms with van der Waals surface area (Å²) in [6.07, 6.45) is 17.1. The standard InChI is InChI=1S/C16H22/c1-2-11-5-7-15(13(3-1)8-11)16-10-12-4-6-14(16)9-12/h11-14H,1-7,9-10H2. The minimum atomic E-state index is 0.793. The largest absolute Gasteiger partial charge is 0.0673 e. The van der Waals surface area contributed by atoms with Crippen LogP contribution in [-0.4, -0.2) is 0 Å². The van der Waals surface area contributed by atoms with Crippen LogP contribution in [0.5, 0.6) is 0 Å². The monoisotopic (exact) mass is 214 g/mol. The Labute approximate surface area is 99.5 Å². The third kappa shape index (κ3) is 1.41. The van der Waals surface area contributed by atoms with E-state index in [9.17, 15) is 0 Å². The first kappa shape index (κ1) is 9.74. The van der Waals surface area contributed by atoms with E-state index in [1.54, 1.807) is 0 Å². The first-order valence-corrected chi connectivity index (χ1v) is 7.38. The van der Waals surface area contributed by atoms with E-state index in [1.807, 2.05) is 11.1 Å². The lowest BCUT2D eigenvalue weighted by Gasteiger charge is -2.38. The van der Waals surface area contributed by atoms with Gasteiger partial charge in [-0.05, 0) is 81.5 Å².